The maximum Gasteiger partial charge on any atom is 0.191 e. The predicted molar refractivity (Wildman–Crippen MR) is 101 cm³/mol. The molecule has 0 aliphatic heterocycles. The molecule has 0 radical (unpaired) electrons. The van der Waals surface area contributed by atoms with E-state index in [0.29, 0.717) is 23.7 Å². The van der Waals surface area contributed by atoms with Crippen LogP contribution in [0.3, 0.4) is 0 Å². The summed E-state index contributed by atoms with van der Waals surface area (Å²) in [6.45, 7) is 0.946. The number of thioether (sulfide) groups is 1. The lowest BCUT2D eigenvalue weighted by Crippen LogP contribution is -2.20. The van der Waals surface area contributed by atoms with Crippen molar-refractivity contribution in [2.24, 2.45) is 7.05 Å². The average Bonchev–Trinajstić information content (AvgIpc) is 2.97. The molecule has 3 aromatic rings. The van der Waals surface area contributed by atoms with Crippen molar-refractivity contribution < 1.29 is 4.39 Å². The molecule has 0 saturated heterocycles. The van der Waals surface area contributed by atoms with Crippen molar-refractivity contribution in [3.8, 4) is 0 Å². The van der Waals surface area contributed by atoms with Gasteiger partial charge in [0.05, 0.1) is 6.54 Å². The van der Waals surface area contributed by atoms with Crippen LogP contribution in [0.15, 0.2) is 47.9 Å². The summed E-state index contributed by atoms with van der Waals surface area (Å²) in [6.07, 6.45) is 3.56. The van der Waals surface area contributed by atoms with E-state index in [-0.39, 0.29) is 5.82 Å². The number of hydrogen-bond acceptors (Lipinski definition) is 5. The van der Waals surface area contributed by atoms with Crippen LogP contribution in [0.5, 0.6) is 0 Å². The Morgan fingerprint density at radius 1 is 1.15 bits per heavy atom. The summed E-state index contributed by atoms with van der Waals surface area (Å²) in [5.41, 5.74) is 1.67. The maximum absolute atomic E-state index is 13.9. The Kier molecular flexibility index (Phi) is 6.24. The van der Waals surface area contributed by atoms with Crippen molar-refractivity contribution in [1.82, 2.24) is 24.6 Å². The Morgan fingerprint density at radius 3 is 2.65 bits per heavy atom. The second-order valence-corrected chi connectivity index (χ2v) is 7.32. The molecule has 136 valence electrons. The molecule has 0 fully saturated rings. The van der Waals surface area contributed by atoms with Crippen molar-refractivity contribution in [3.63, 3.8) is 0 Å². The van der Waals surface area contributed by atoms with E-state index < -0.39 is 0 Å². The van der Waals surface area contributed by atoms with Gasteiger partial charge in [-0.3, -0.25) is 9.88 Å². The molecule has 0 aliphatic rings. The highest BCUT2D eigenvalue weighted by Crippen LogP contribution is 2.23. The van der Waals surface area contributed by atoms with Crippen LogP contribution in [0.4, 0.5) is 4.39 Å². The van der Waals surface area contributed by atoms with Crippen LogP contribution in [-0.2, 0) is 25.9 Å². The number of halogens is 2. The van der Waals surface area contributed by atoms with Crippen molar-refractivity contribution >= 4 is 23.4 Å². The monoisotopic (exact) mass is 391 g/mol. The first-order chi connectivity index (χ1) is 12.5. The minimum atomic E-state index is -0.295. The zero-order valence-electron chi connectivity index (χ0n) is 14.6. The number of hydrogen-bond donors (Lipinski definition) is 0. The molecule has 0 unspecified atom stereocenters. The van der Waals surface area contributed by atoms with Gasteiger partial charge in [-0.15, -0.1) is 10.2 Å². The second-order valence-electron chi connectivity index (χ2n) is 5.97. The smallest absolute Gasteiger partial charge is 0.191 e. The van der Waals surface area contributed by atoms with Gasteiger partial charge in [0.25, 0.3) is 0 Å². The molecule has 3 rings (SSSR count). The highest BCUT2D eigenvalue weighted by atomic mass is 35.5. The van der Waals surface area contributed by atoms with E-state index in [1.54, 1.807) is 36.3 Å². The van der Waals surface area contributed by atoms with Crippen LogP contribution in [0.2, 0.25) is 5.02 Å². The summed E-state index contributed by atoms with van der Waals surface area (Å²) in [4.78, 5) is 5.98. The Hall–Kier alpha value is -1.96. The normalized spacial score (nSPS) is 11.3. The van der Waals surface area contributed by atoms with Gasteiger partial charge >= 0.3 is 0 Å². The van der Waals surface area contributed by atoms with E-state index in [4.69, 9.17) is 11.6 Å². The third-order valence-electron chi connectivity index (χ3n) is 3.94. The molecule has 0 saturated carbocycles. The van der Waals surface area contributed by atoms with Crippen molar-refractivity contribution in [1.29, 1.82) is 0 Å². The van der Waals surface area contributed by atoms with Gasteiger partial charge in [0, 0.05) is 42.3 Å². The second kappa shape index (κ2) is 8.62. The summed E-state index contributed by atoms with van der Waals surface area (Å²) in [5.74, 6) is 1.32. The van der Waals surface area contributed by atoms with Gasteiger partial charge in [-0.05, 0) is 36.9 Å². The van der Waals surface area contributed by atoms with E-state index in [1.807, 2.05) is 35.7 Å². The summed E-state index contributed by atoms with van der Waals surface area (Å²) in [5, 5.41) is 9.80. The fourth-order valence-corrected chi connectivity index (χ4v) is 3.59. The molecule has 2 heterocycles. The molecule has 0 bridgehead atoms. The summed E-state index contributed by atoms with van der Waals surface area (Å²) in [7, 11) is 3.84. The topological polar surface area (TPSA) is 46.8 Å². The fraction of sp³-hybridized carbons (Fsp3) is 0.278. The number of benzene rings is 1. The number of nitrogens with zero attached hydrogens (tertiary/aromatic N) is 5. The molecular weight excluding hydrogens is 373 g/mol. The molecule has 8 heteroatoms. The summed E-state index contributed by atoms with van der Waals surface area (Å²) >= 11 is 7.72. The summed E-state index contributed by atoms with van der Waals surface area (Å²) < 4.78 is 15.9. The highest BCUT2D eigenvalue weighted by Gasteiger charge is 2.14. The van der Waals surface area contributed by atoms with Gasteiger partial charge in [-0.1, -0.05) is 29.4 Å². The SMILES string of the molecule is CN(Cc1c(F)cccc1Cl)Cc1nnc(SCc2ccncc2)n1C. The molecule has 26 heavy (non-hydrogen) atoms. The minimum absolute atomic E-state index is 0.295. The number of pyridine rings is 1. The lowest BCUT2D eigenvalue weighted by Gasteiger charge is -2.17. The van der Waals surface area contributed by atoms with Crippen molar-refractivity contribution in [2.75, 3.05) is 7.05 Å². The van der Waals surface area contributed by atoms with E-state index in [1.165, 1.54) is 11.6 Å². The molecule has 0 spiro atoms. The standard InChI is InChI=1S/C18H19ClFN5S/c1-24(10-14-15(19)4-3-5-16(14)20)11-17-22-23-18(25(17)2)26-12-13-6-8-21-9-7-13/h3-9H,10-12H2,1-2H3. The molecule has 1 aromatic carbocycles. The fourth-order valence-electron chi connectivity index (χ4n) is 2.49. The number of aromatic nitrogens is 4. The van der Waals surface area contributed by atoms with E-state index >= 15 is 0 Å². The van der Waals surface area contributed by atoms with E-state index in [0.717, 1.165) is 16.7 Å². The molecule has 0 amide bonds. The first kappa shape index (κ1) is 18.8. The first-order valence-corrected chi connectivity index (χ1v) is 9.42. The molecule has 5 nitrogen and oxygen atoms in total. The molecule has 2 aromatic heterocycles. The molecule has 0 N–H and O–H groups in total. The van der Waals surface area contributed by atoms with Crippen LogP contribution in [0, 0.1) is 5.82 Å². The quantitative estimate of drug-likeness (QED) is 0.571. The zero-order valence-corrected chi connectivity index (χ0v) is 16.1. The lowest BCUT2D eigenvalue weighted by molar-refractivity contribution is 0.301. The highest BCUT2D eigenvalue weighted by molar-refractivity contribution is 7.98. The molecule has 0 aliphatic carbocycles. The molecule has 0 atom stereocenters. The van der Waals surface area contributed by atoms with Gasteiger partial charge in [-0.2, -0.15) is 0 Å². The minimum Gasteiger partial charge on any atom is -0.308 e. The third kappa shape index (κ3) is 4.60. The van der Waals surface area contributed by atoms with Gasteiger partial charge in [0.2, 0.25) is 0 Å². The van der Waals surface area contributed by atoms with Gasteiger partial charge in [-0.25, -0.2) is 4.39 Å². The Morgan fingerprint density at radius 2 is 1.92 bits per heavy atom. The van der Waals surface area contributed by atoms with Gasteiger partial charge in [0.15, 0.2) is 5.16 Å². The molecular formula is C18H19ClFN5S. The van der Waals surface area contributed by atoms with E-state index in [9.17, 15) is 4.39 Å². The van der Waals surface area contributed by atoms with Crippen LogP contribution < -0.4 is 0 Å². The Bertz CT molecular complexity index is 851. The van der Waals surface area contributed by atoms with Crippen molar-refractivity contribution in [3.05, 3.63) is 70.5 Å². The largest absolute Gasteiger partial charge is 0.308 e. The predicted octanol–water partition coefficient (Wildman–Crippen LogP) is 3.93. The average molecular weight is 392 g/mol. The third-order valence-corrected chi connectivity index (χ3v) is 5.39. The Labute approximate surface area is 161 Å². The van der Waals surface area contributed by atoms with Crippen LogP contribution >= 0.6 is 23.4 Å². The Balaban J connectivity index is 1.62. The lowest BCUT2D eigenvalue weighted by atomic mass is 10.2. The van der Waals surface area contributed by atoms with Gasteiger partial charge < -0.3 is 4.57 Å². The maximum atomic E-state index is 13.9. The van der Waals surface area contributed by atoms with Crippen LogP contribution in [0.25, 0.3) is 0 Å². The van der Waals surface area contributed by atoms with Crippen LogP contribution in [-0.4, -0.2) is 31.7 Å². The zero-order chi connectivity index (χ0) is 18.5. The van der Waals surface area contributed by atoms with Crippen LogP contribution in [0.1, 0.15) is 17.0 Å². The number of rotatable bonds is 7. The van der Waals surface area contributed by atoms with E-state index in [2.05, 4.69) is 15.2 Å². The van der Waals surface area contributed by atoms with Crippen molar-refractivity contribution in [2.45, 2.75) is 24.0 Å². The first-order valence-electron chi connectivity index (χ1n) is 8.06. The summed E-state index contributed by atoms with van der Waals surface area (Å²) in [6, 6.07) is 8.69. The van der Waals surface area contributed by atoms with Gasteiger partial charge in [0.1, 0.15) is 11.6 Å².